The SMILES string of the molecule is Cc1nc(C)c(CCC(=O)N(C)C2CCC(C(F)(F)F)CC2)c(=O)[nH]1. The zero-order valence-corrected chi connectivity index (χ0v) is 14.7. The van der Waals surface area contributed by atoms with Crippen molar-refractivity contribution in [2.24, 2.45) is 5.92 Å². The topological polar surface area (TPSA) is 66.1 Å². The molecule has 0 atom stereocenters. The average molecular weight is 359 g/mol. The summed E-state index contributed by atoms with van der Waals surface area (Å²) in [5.41, 5.74) is 0.835. The molecule has 0 aromatic carbocycles. The second-order valence-electron chi connectivity index (χ2n) is 6.77. The highest BCUT2D eigenvalue weighted by Gasteiger charge is 2.42. The largest absolute Gasteiger partial charge is 0.391 e. The van der Waals surface area contributed by atoms with Crippen LogP contribution in [0, 0.1) is 19.8 Å². The quantitative estimate of drug-likeness (QED) is 0.899. The molecule has 0 aliphatic heterocycles. The molecule has 1 N–H and O–H groups in total. The van der Waals surface area contributed by atoms with Crippen molar-refractivity contribution in [2.75, 3.05) is 7.05 Å². The maximum absolute atomic E-state index is 12.7. The van der Waals surface area contributed by atoms with Crippen LogP contribution in [0.2, 0.25) is 0 Å². The lowest BCUT2D eigenvalue weighted by molar-refractivity contribution is -0.184. The lowest BCUT2D eigenvalue weighted by atomic mass is 9.85. The van der Waals surface area contributed by atoms with Gasteiger partial charge >= 0.3 is 6.18 Å². The Morgan fingerprint density at radius 3 is 2.36 bits per heavy atom. The number of hydrogen-bond donors (Lipinski definition) is 1. The Bertz CT molecular complexity index is 677. The van der Waals surface area contributed by atoms with Crippen LogP contribution in [0.5, 0.6) is 0 Å². The van der Waals surface area contributed by atoms with Gasteiger partial charge in [0.05, 0.1) is 5.92 Å². The number of amides is 1. The molecule has 1 heterocycles. The Morgan fingerprint density at radius 2 is 1.84 bits per heavy atom. The number of alkyl halides is 3. The number of carbonyl (C=O) groups excluding carboxylic acids is 1. The van der Waals surface area contributed by atoms with Crippen LogP contribution in [0.1, 0.15) is 49.2 Å². The van der Waals surface area contributed by atoms with Crippen molar-refractivity contribution in [3.05, 3.63) is 27.4 Å². The van der Waals surface area contributed by atoms with E-state index in [4.69, 9.17) is 0 Å². The Balaban J connectivity index is 1.91. The van der Waals surface area contributed by atoms with E-state index in [1.54, 1.807) is 20.9 Å². The molecular weight excluding hydrogens is 335 g/mol. The van der Waals surface area contributed by atoms with Crippen molar-refractivity contribution in [1.29, 1.82) is 0 Å². The van der Waals surface area contributed by atoms with E-state index < -0.39 is 12.1 Å². The van der Waals surface area contributed by atoms with Crippen LogP contribution in [0.25, 0.3) is 0 Å². The molecule has 0 bridgehead atoms. The minimum atomic E-state index is -4.15. The molecule has 2 rings (SSSR count). The fourth-order valence-corrected chi connectivity index (χ4v) is 3.45. The smallest absolute Gasteiger partial charge is 0.343 e. The Hall–Kier alpha value is -1.86. The summed E-state index contributed by atoms with van der Waals surface area (Å²) in [4.78, 5) is 32.7. The number of nitrogens with one attached hydrogen (secondary N) is 1. The lowest BCUT2D eigenvalue weighted by Crippen LogP contribution is -2.41. The molecule has 0 saturated heterocycles. The molecule has 1 aromatic heterocycles. The van der Waals surface area contributed by atoms with Crippen LogP contribution in [0.15, 0.2) is 4.79 Å². The highest BCUT2D eigenvalue weighted by atomic mass is 19.4. The molecule has 1 aliphatic carbocycles. The predicted octanol–water partition coefficient (Wildman–Crippen LogP) is 2.90. The summed E-state index contributed by atoms with van der Waals surface area (Å²) in [6.45, 7) is 3.42. The molecule has 25 heavy (non-hydrogen) atoms. The van der Waals surface area contributed by atoms with Crippen LogP contribution in [0.4, 0.5) is 13.2 Å². The van der Waals surface area contributed by atoms with Gasteiger partial charge in [-0.2, -0.15) is 13.2 Å². The van der Waals surface area contributed by atoms with E-state index >= 15 is 0 Å². The number of H-pyrrole nitrogens is 1. The summed E-state index contributed by atoms with van der Waals surface area (Å²) in [7, 11) is 1.63. The second-order valence-corrected chi connectivity index (χ2v) is 6.77. The predicted molar refractivity (Wildman–Crippen MR) is 87.2 cm³/mol. The summed E-state index contributed by atoms with van der Waals surface area (Å²) in [6.07, 6.45) is -2.89. The molecule has 0 radical (unpaired) electrons. The molecule has 1 fully saturated rings. The van der Waals surface area contributed by atoms with Crippen molar-refractivity contribution in [3.8, 4) is 0 Å². The summed E-state index contributed by atoms with van der Waals surface area (Å²) < 4.78 is 38.2. The summed E-state index contributed by atoms with van der Waals surface area (Å²) in [6, 6.07) is -0.165. The van der Waals surface area contributed by atoms with E-state index in [9.17, 15) is 22.8 Å². The number of rotatable bonds is 4. The van der Waals surface area contributed by atoms with E-state index in [2.05, 4.69) is 9.97 Å². The highest BCUT2D eigenvalue weighted by Crippen LogP contribution is 2.38. The van der Waals surface area contributed by atoms with Crippen LogP contribution in [0.3, 0.4) is 0 Å². The summed E-state index contributed by atoms with van der Waals surface area (Å²) in [5.74, 6) is -0.891. The van der Waals surface area contributed by atoms with Gasteiger partial charge < -0.3 is 9.88 Å². The van der Waals surface area contributed by atoms with Crippen molar-refractivity contribution >= 4 is 5.91 Å². The van der Waals surface area contributed by atoms with Crippen molar-refractivity contribution < 1.29 is 18.0 Å². The molecule has 1 amide bonds. The van der Waals surface area contributed by atoms with E-state index in [0.29, 0.717) is 29.9 Å². The molecular formula is C17H24F3N3O2. The zero-order chi connectivity index (χ0) is 18.8. The third-order valence-electron chi connectivity index (χ3n) is 5.03. The van der Waals surface area contributed by atoms with Gasteiger partial charge in [0.2, 0.25) is 5.91 Å². The molecule has 1 aliphatic rings. The van der Waals surface area contributed by atoms with Crippen molar-refractivity contribution in [1.82, 2.24) is 14.9 Å². The minimum Gasteiger partial charge on any atom is -0.343 e. The van der Waals surface area contributed by atoms with Crippen molar-refractivity contribution in [2.45, 2.75) is 64.6 Å². The van der Waals surface area contributed by atoms with Gasteiger partial charge in [0.15, 0.2) is 0 Å². The number of hydrogen-bond acceptors (Lipinski definition) is 3. The second kappa shape index (κ2) is 7.58. The van der Waals surface area contributed by atoms with Gasteiger partial charge in [-0.3, -0.25) is 9.59 Å². The number of halogens is 3. The normalized spacial score (nSPS) is 21.2. The number of aromatic amines is 1. The van der Waals surface area contributed by atoms with Crippen LogP contribution in [-0.4, -0.2) is 40.0 Å². The van der Waals surface area contributed by atoms with E-state index in [1.165, 1.54) is 4.90 Å². The fraction of sp³-hybridized carbons (Fsp3) is 0.706. The van der Waals surface area contributed by atoms with Gasteiger partial charge in [0.1, 0.15) is 5.82 Å². The van der Waals surface area contributed by atoms with Crippen LogP contribution < -0.4 is 5.56 Å². The first-order valence-corrected chi connectivity index (χ1v) is 8.48. The number of nitrogens with zero attached hydrogens (tertiary/aromatic N) is 2. The molecule has 0 unspecified atom stereocenters. The molecule has 140 valence electrons. The first-order chi connectivity index (χ1) is 11.6. The minimum absolute atomic E-state index is 0.0619. The third-order valence-corrected chi connectivity index (χ3v) is 5.03. The zero-order valence-electron chi connectivity index (χ0n) is 14.7. The van der Waals surface area contributed by atoms with Gasteiger partial charge in [-0.25, -0.2) is 4.98 Å². The van der Waals surface area contributed by atoms with Crippen molar-refractivity contribution in [3.63, 3.8) is 0 Å². The number of aromatic nitrogens is 2. The standard InChI is InChI=1S/C17H24F3N3O2/c1-10-14(16(25)22-11(2)21-10)8-9-15(24)23(3)13-6-4-12(5-7-13)17(18,19)20/h12-13H,4-9H2,1-3H3,(H,21,22,25). The third kappa shape index (κ3) is 4.83. The maximum Gasteiger partial charge on any atom is 0.391 e. The number of aryl methyl sites for hydroxylation is 2. The summed E-state index contributed by atoms with van der Waals surface area (Å²) in [5, 5.41) is 0. The van der Waals surface area contributed by atoms with E-state index in [1.807, 2.05) is 0 Å². The molecule has 1 aromatic rings. The Kier molecular flexibility index (Phi) is 5.90. The van der Waals surface area contributed by atoms with Gasteiger partial charge in [-0.05, 0) is 46.0 Å². The van der Waals surface area contributed by atoms with Crippen LogP contribution in [-0.2, 0) is 11.2 Å². The molecule has 8 heteroatoms. The van der Waals surface area contributed by atoms with Gasteiger partial charge in [0, 0.05) is 30.8 Å². The first kappa shape index (κ1) is 19.5. The molecule has 0 spiro atoms. The van der Waals surface area contributed by atoms with Gasteiger partial charge in [-0.1, -0.05) is 0 Å². The maximum atomic E-state index is 12.7. The van der Waals surface area contributed by atoms with E-state index in [0.717, 1.165) is 0 Å². The van der Waals surface area contributed by atoms with E-state index in [-0.39, 0.29) is 43.2 Å². The Morgan fingerprint density at radius 1 is 1.24 bits per heavy atom. The van der Waals surface area contributed by atoms with Gasteiger partial charge in [-0.15, -0.1) is 0 Å². The number of carbonyl (C=O) groups is 1. The Labute approximate surface area is 144 Å². The van der Waals surface area contributed by atoms with Crippen LogP contribution >= 0.6 is 0 Å². The fourth-order valence-electron chi connectivity index (χ4n) is 3.45. The molecule has 5 nitrogen and oxygen atoms in total. The lowest BCUT2D eigenvalue weighted by Gasteiger charge is -2.35. The highest BCUT2D eigenvalue weighted by molar-refractivity contribution is 5.76. The average Bonchev–Trinajstić information content (AvgIpc) is 2.52. The van der Waals surface area contributed by atoms with Gasteiger partial charge in [0.25, 0.3) is 5.56 Å². The first-order valence-electron chi connectivity index (χ1n) is 8.48. The monoisotopic (exact) mass is 359 g/mol. The molecule has 1 saturated carbocycles. The summed E-state index contributed by atoms with van der Waals surface area (Å²) >= 11 is 0.